The number of pyridine rings is 2. The molecule has 0 bridgehead atoms. The summed E-state index contributed by atoms with van der Waals surface area (Å²) in [7, 11) is 0. The zero-order valence-electron chi connectivity index (χ0n) is 32.9. The molecule has 0 saturated heterocycles. The SMILES string of the molecule is CC(C)(C)c1cc2c(=O)c3cc4c(cc3n(-c3ccccc3)c2cc1C(C)(C)C)c(=O)c1cc(C(C)(C)C)c(C(C)(C)C)cc1n4-c1ccccc1. The summed E-state index contributed by atoms with van der Waals surface area (Å²) in [5.41, 5.74) is 9.01. The predicted octanol–water partition coefficient (Wildman–Crippen LogP) is 11.8. The van der Waals surface area contributed by atoms with Crippen LogP contribution in [0, 0.1) is 0 Å². The summed E-state index contributed by atoms with van der Waals surface area (Å²) in [5, 5.41) is 2.51. The van der Waals surface area contributed by atoms with Gasteiger partial charge in [-0.25, -0.2) is 0 Å². The minimum Gasteiger partial charge on any atom is -0.309 e. The summed E-state index contributed by atoms with van der Waals surface area (Å²) >= 11 is 0. The van der Waals surface area contributed by atoms with Crippen LogP contribution in [-0.2, 0) is 21.7 Å². The Bertz CT molecular complexity index is 2480. The van der Waals surface area contributed by atoms with E-state index in [9.17, 15) is 9.59 Å². The summed E-state index contributed by atoms with van der Waals surface area (Å²) in [6.07, 6.45) is 0. The Morgan fingerprint density at radius 1 is 0.346 bits per heavy atom. The maximum Gasteiger partial charge on any atom is 0.197 e. The van der Waals surface area contributed by atoms with Gasteiger partial charge in [0.15, 0.2) is 10.9 Å². The number of benzene rings is 5. The van der Waals surface area contributed by atoms with Crippen LogP contribution in [-0.4, -0.2) is 9.13 Å². The third-order valence-electron chi connectivity index (χ3n) is 10.6. The number of fused-ring (bicyclic) bond motifs is 4. The van der Waals surface area contributed by atoms with Gasteiger partial charge in [0, 0.05) is 32.9 Å². The van der Waals surface area contributed by atoms with Crippen LogP contribution in [0.5, 0.6) is 0 Å². The molecule has 2 heterocycles. The van der Waals surface area contributed by atoms with Gasteiger partial charge in [-0.05, 0) is 105 Å². The van der Waals surface area contributed by atoms with Crippen molar-refractivity contribution in [2.24, 2.45) is 0 Å². The lowest BCUT2D eigenvalue weighted by Gasteiger charge is -2.31. The van der Waals surface area contributed by atoms with E-state index < -0.39 is 0 Å². The first-order chi connectivity index (χ1) is 24.2. The van der Waals surface area contributed by atoms with Gasteiger partial charge in [-0.1, -0.05) is 119 Å². The lowest BCUT2D eigenvalue weighted by Crippen LogP contribution is -2.24. The van der Waals surface area contributed by atoms with Gasteiger partial charge >= 0.3 is 0 Å². The molecule has 0 radical (unpaired) electrons. The number of aromatic nitrogens is 2. The van der Waals surface area contributed by atoms with Crippen molar-refractivity contribution < 1.29 is 0 Å². The zero-order chi connectivity index (χ0) is 37.7. The van der Waals surface area contributed by atoms with Crippen LogP contribution in [0.1, 0.15) is 105 Å². The predicted molar refractivity (Wildman–Crippen MR) is 222 cm³/mol. The summed E-state index contributed by atoms with van der Waals surface area (Å²) in [6.45, 7) is 26.7. The van der Waals surface area contributed by atoms with Crippen LogP contribution in [0.15, 0.2) is 107 Å². The number of para-hydroxylation sites is 2. The molecule has 0 atom stereocenters. The van der Waals surface area contributed by atoms with Crippen molar-refractivity contribution >= 4 is 43.6 Å². The highest BCUT2D eigenvalue weighted by Gasteiger charge is 2.30. The second kappa shape index (κ2) is 11.8. The van der Waals surface area contributed by atoms with E-state index in [4.69, 9.17) is 0 Å². The molecule has 266 valence electrons. The number of rotatable bonds is 2. The third-order valence-corrected chi connectivity index (χ3v) is 10.6. The molecule has 0 aliphatic carbocycles. The van der Waals surface area contributed by atoms with E-state index in [0.717, 1.165) is 33.4 Å². The second-order valence-electron chi connectivity index (χ2n) is 18.7. The van der Waals surface area contributed by atoms with Crippen LogP contribution in [0.4, 0.5) is 0 Å². The molecule has 2 aromatic heterocycles. The van der Waals surface area contributed by atoms with E-state index in [-0.39, 0.29) is 32.5 Å². The molecule has 0 N–H and O–H groups in total. The first kappa shape index (κ1) is 35.4. The third kappa shape index (κ3) is 5.77. The molecule has 4 nitrogen and oxygen atoms in total. The van der Waals surface area contributed by atoms with Gasteiger partial charge in [0.05, 0.1) is 22.1 Å². The summed E-state index contributed by atoms with van der Waals surface area (Å²) in [5.74, 6) is 0. The summed E-state index contributed by atoms with van der Waals surface area (Å²) in [6, 6.07) is 33.1. The Balaban J connectivity index is 1.77. The van der Waals surface area contributed by atoms with Gasteiger partial charge < -0.3 is 9.13 Å². The van der Waals surface area contributed by atoms with Gasteiger partial charge in [-0.2, -0.15) is 0 Å². The van der Waals surface area contributed by atoms with Crippen molar-refractivity contribution in [1.29, 1.82) is 0 Å². The van der Waals surface area contributed by atoms with Crippen molar-refractivity contribution in [2.45, 2.75) is 105 Å². The van der Waals surface area contributed by atoms with Crippen molar-refractivity contribution in [3.63, 3.8) is 0 Å². The molecule has 0 amide bonds. The number of hydrogen-bond acceptors (Lipinski definition) is 2. The van der Waals surface area contributed by atoms with Crippen LogP contribution >= 0.6 is 0 Å². The molecule has 4 heteroatoms. The summed E-state index contributed by atoms with van der Waals surface area (Å²) < 4.78 is 4.37. The Labute approximate surface area is 307 Å². The highest BCUT2D eigenvalue weighted by atomic mass is 16.1. The molecule has 0 fully saturated rings. The quantitative estimate of drug-likeness (QED) is 0.170. The number of nitrogens with zero attached hydrogens (tertiary/aromatic N) is 2. The van der Waals surface area contributed by atoms with Crippen molar-refractivity contribution in [2.75, 3.05) is 0 Å². The van der Waals surface area contributed by atoms with Crippen molar-refractivity contribution in [3.8, 4) is 11.4 Å². The molecular formula is C48H52N2O2. The van der Waals surface area contributed by atoms with E-state index in [0.29, 0.717) is 21.5 Å². The van der Waals surface area contributed by atoms with E-state index in [2.05, 4.69) is 141 Å². The minimum atomic E-state index is -0.178. The molecule has 5 aromatic carbocycles. The highest BCUT2D eigenvalue weighted by Crippen LogP contribution is 2.40. The zero-order valence-corrected chi connectivity index (χ0v) is 32.9. The largest absolute Gasteiger partial charge is 0.309 e. The molecule has 0 aliphatic rings. The second-order valence-corrected chi connectivity index (χ2v) is 18.7. The smallest absolute Gasteiger partial charge is 0.197 e. The average Bonchev–Trinajstić information content (AvgIpc) is 3.06. The molecule has 52 heavy (non-hydrogen) atoms. The lowest BCUT2D eigenvalue weighted by molar-refractivity contribution is 0.531. The molecule has 7 aromatic rings. The van der Waals surface area contributed by atoms with E-state index in [1.54, 1.807) is 0 Å². The van der Waals surface area contributed by atoms with Crippen LogP contribution in [0.3, 0.4) is 0 Å². The maximum atomic E-state index is 15.0. The first-order valence-corrected chi connectivity index (χ1v) is 18.5. The Hall–Kier alpha value is -4.96. The van der Waals surface area contributed by atoms with Crippen LogP contribution in [0.2, 0.25) is 0 Å². The van der Waals surface area contributed by atoms with Crippen LogP contribution in [0.25, 0.3) is 55.0 Å². The van der Waals surface area contributed by atoms with Crippen LogP contribution < -0.4 is 10.9 Å². The molecule has 0 saturated carbocycles. The van der Waals surface area contributed by atoms with Gasteiger partial charge in [0.2, 0.25) is 0 Å². The van der Waals surface area contributed by atoms with Crippen molar-refractivity contribution in [1.82, 2.24) is 9.13 Å². The maximum absolute atomic E-state index is 15.0. The monoisotopic (exact) mass is 688 g/mol. The van der Waals surface area contributed by atoms with E-state index in [1.165, 1.54) is 22.3 Å². The van der Waals surface area contributed by atoms with E-state index in [1.807, 2.05) is 48.5 Å². The summed E-state index contributed by atoms with van der Waals surface area (Å²) in [4.78, 5) is 30.0. The van der Waals surface area contributed by atoms with Gasteiger partial charge in [-0.15, -0.1) is 0 Å². The van der Waals surface area contributed by atoms with Gasteiger partial charge in [0.25, 0.3) is 0 Å². The van der Waals surface area contributed by atoms with Gasteiger partial charge in [-0.3, -0.25) is 9.59 Å². The Morgan fingerprint density at radius 2 is 0.596 bits per heavy atom. The lowest BCUT2D eigenvalue weighted by atomic mass is 9.74. The minimum absolute atomic E-state index is 0.0318. The molecular weight excluding hydrogens is 637 g/mol. The normalized spacial score (nSPS) is 13.2. The van der Waals surface area contributed by atoms with E-state index >= 15 is 0 Å². The molecule has 7 rings (SSSR count). The standard InChI is InChI=1S/C48H52N2O2/c1-45(2,3)35-23-31-41(27-37(35)47(7,8)9)49(29-19-15-13-16-20-29)39-26-34-40(25-33(39)43(31)51)50(30-21-17-14-18-22-30)42-28-38(48(10,11)12)36(46(4,5)6)24-32(42)44(34)52/h13-28H,1-12H3. The molecule has 0 unspecified atom stereocenters. The highest BCUT2D eigenvalue weighted by molar-refractivity contribution is 6.05. The fourth-order valence-corrected chi connectivity index (χ4v) is 7.96. The topological polar surface area (TPSA) is 44.0 Å². The fraction of sp³-hybridized carbons (Fsp3) is 0.333. The van der Waals surface area contributed by atoms with Crippen molar-refractivity contribution in [3.05, 3.63) is 140 Å². The Kier molecular flexibility index (Phi) is 8.03. The molecule has 0 spiro atoms. The number of hydrogen-bond donors (Lipinski definition) is 0. The average molecular weight is 689 g/mol. The fourth-order valence-electron chi connectivity index (χ4n) is 7.96. The Morgan fingerprint density at radius 3 is 0.885 bits per heavy atom. The first-order valence-electron chi connectivity index (χ1n) is 18.5. The molecule has 0 aliphatic heterocycles. The van der Waals surface area contributed by atoms with Gasteiger partial charge in [0.1, 0.15) is 0 Å².